The van der Waals surface area contributed by atoms with Gasteiger partial charge in [-0.2, -0.15) is 16.9 Å². The number of carbonyl (C=O) groups excluding carboxylic acids is 2. The number of rotatable bonds is 8. The Labute approximate surface area is 182 Å². The minimum absolute atomic E-state index is 0.294. The van der Waals surface area contributed by atoms with Crippen LogP contribution in [0.4, 0.5) is 5.82 Å². The van der Waals surface area contributed by atoms with Crippen molar-refractivity contribution in [1.82, 2.24) is 15.1 Å². The van der Waals surface area contributed by atoms with Gasteiger partial charge < -0.3 is 10.6 Å². The molecule has 3 aromatic rings. The van der Waals surface area contributed by atoms with Crippen molar-refractivity contribution in [3.05, 3.63) is 76.9 Å². The first-order chi connectivity index (χ1) is 14.1. The lowest BCUT2D eigenvalue weighted by Crippen LogP contribution is -2.44. The van der Waals surface area contributed by atoms with Crippen LogP contribution in [-0.2, 0) is 4.79 Å². The van der Waals surface area contributed by atoms with Crippen molar-refractivity contribution in [1.29, 1.82) is 0 Å². The van der Waals surface area contributed by atoms with Crippen LogP contribution in [0.3, 0.4) is 0 Å². The maximum Gasteiger partial charge on any atom is 0.253 e. The Bertz CT molecular complexity index is 978. The largest absolute Gasteiger partial charge is 0.340 e. The summed E-state index contributed by atoms with van der Waals surface area (Å²) in [5.74, 6) is 0.585. The van der Waals surface area contributed by atoms with E-state index in [2.05, 4.69) is 31.7 Å². The Morgan fingerprint density at radius 2 is 1.83 bits per heavy atom. The lowest BCUT2D eigenvalue weighted by Gasteiger charge is -2.18. The number of nitrogens with one attached hydrogen (secondary N) is 2. The summed E-state index contributed by atoms with van der Waals surface area (Å²) in [6.07, 6.45) is 4.26. The van der Waals surface area contributed by atoms with Crippen LogP contribution < -0.4 is 10.6 Å². The van der Waals surface area contributed by atoms with Gasteiger partial charge in [-0.3, -0.25) is 9.59 Å². The standard InChI is InChI=1S/C21H21BrN4O2S/c1-29-14-12-18(23-20(27)16-9-5-6-10-17(16)22)21(28)24-19-11-13-26(25-19)15-7-3-2-4-8-15/h2-11,13,18H,12,14H2,1H3,(H,23,27)(H,24,25,28). The number of aromatic nitrogens is 2. The molecule has 0 radical (unpaired) electrons. The van der Waals surface area contributed by atoms with Crippen LogP contribution >= 0.6 is 27.7 Å². The van der Waals surface area contributed by atoms with E-state index < -0.39 is 6.04 Å². The Morgan fingerprint density at radius 3 is 2.55 bits per heavy atom. The molecule has 2 amide bonds. The van der Waals surface area contributed by atoms with E-state index in [0.29, 0.717) is 22.3 Å². The first-order valence-electron chi connectivity index (χ1n) is 9.05. The smallest absolute Gasteiger partial charge is 0.253 e. The molecule has 0 fully saturated rings. The summed E-state index contributed by atoms with van der Waals surface area (Å²) in [4.78, 5) is 25.5. The molecule has 1 atom stereocenters. The van der Waals surface area contributed by atoms with Crippen LogP contribution in [0.2, 0.25) is 0 Å². The van der Waals surface area contributed by atoms with E-state index in [1.807, 2.05) is 42.7 Å². The van der Waals surface area contributed by atoms with E-state index in [-0.39, 0.29) is 11.8 Å². The van der Waals surface area contributed by atoms with Gasteiger partial charge in [0.1, 0.15) is 6.04 Å². The molecule has 1 heterocycles. The second-order valence-corrected chi connectivity index (χ2v) is 8.10. The molecule has 2 aromatic carbocycles. The summed E-state index contributed by atoms with van der Waals surface area (Å²) in [5, 5.41) is 10.0. The van der Waals surface area contributed by atoms with E-state index in [9.17, 15) is 9.59 Å². The third-order valence-electron chi connectivity index (χ3n) is 4.21. The fourth-order valence-electron chi connectivity index (χ4n) is 2.71. The predicted molar refractivity (Wildman–Crippen MR) is 121 cm³/mol. The molecule has 0 spiro atoms. The van der Waals surface area contributed by atoms with Gasteiger partial charge in [0.05, 0.1) is 11.3 Å². The van der Waals surface area contributed by atoms with Crippen molar-refractivity contribution in [2.75, 3.05) is 17.3 Å². The van der Waals surface area contributed by atoms with Crippen LogP contribution in [-0.4, -0.2) is 39.6 Å². The fraction of sp³-hybridized carbons (Fsp3) is 0.190. The number of benzene rings is 2. The Hall–Kier alpha value is -2.58. The van der Waals surface area contributed by atoms with Crippen LogP contribution in [0.5, 0.6) is 0 Å². The number of hydrogen-bond acceptors (Lipinski definition) is 4. The zero-order valence-corrected chi connectivity index (χ0v) is 18.2. The Kier molecular flexibility index (Phi) is 7.48. The van der Waals surface area contributed by atoms with E-state index in [1.165, 1.54) is 0 Å². The summed E-state index contributed by atoms with van der Waals surface area (Å²) in [5.41, 5.74) is 1.39. The van der Waals surface area contributed by atoms with Crippen molar-refractivity contribution >= 4 is 45.3 Å². The van der Waals surface area contributed by atoms with Gasteiger partial charge in [-0.1, -0.05) is 30.3 Å². The zero-order chi connectivity index (χ0) is 20.6. The summed E-state index contributed by atoms with van der Waals surface area (Å²) in [6, 6.07) is 17.8. The molecule has 0 aliphatic heterocycles. The molecule has 0 bridgehead atoms. The topological polar surface area (TPSA) is 76.0 Å². The SMILES string of the molecule is CSCCC(NC(=O)c1ccccc1Br)C(=O)Nc1ccn(-c2ccccc2)n1. The maximum absolute atomic E-state index is 12.8. The van der Waals surface area contributed by atoms with Gasteiger partial charge in [-0.25, -0.2) is 4.68 Å². The van der Waals surface area contributed by atoms with E-state index >= 15 is 0 Å². The number of thioether (sulfide) groups is 1. The number of anilines is 1. The quantitative estimate of drug-likeness (QED) is 0.516. The molecule has 2 N–H and O–H groups in total. The van der Waals surface area contributed by atoms with Gasteiger partial charge in [0, 0.05) is 16.7 Å². The highest BCUT2D eigenvalue weighted by Gasteiger charge is 2.22. The summed E-state index contributed by atoms with van der Waals surface area (Å²) in [7, 11) is 0. The zero-order valence-electron chi connectivity index (χ0n) is 15.8. The minimum Gasteiger partial charge on any atom is -0.340 e. The monoisotopic (exact) mass is 472 g/mol. The highest BCUT2D eigenvalue weighted by molar-refractivity contribution is 9.10. The van der Waals surface area contributed by atoms with Crippen molar-refractivity contribution in [3.63, 3.8) is 0 Å². The van der Waals surface area contributed by atoms with Crippen LogP contribution in [0.25, 0.3) is 5.69 Å². The third-order valence-corrected chi connectivity index (χ3v) is 5.55. The van der Waals surface area contributed by atoms with Gasteiger partial charge in [0.15, 0.2) is 5.82 Å². The highest BCUT2D eigenvalue weighted by Crippen LogP contribution is 2.16. The van der Waals surface area contributed by atoms with Gasteiger partial charge in [-0.15, -0.1) is 0 Å². The second-order valence-electron chi connectivity index (χ2n) is 6.26. The number of hydrogen-bond donors (Lipinski definition) is 2. The normalized spacial score (nSPS) is 11.7. The Morgan fingerprint density at radius 1 is 1.10 bits per heavy atom. The van der Waals surface area contributed by atoms with Crippen LogP contribution in [0, 0.1) is 0 Å². The molecular weight excluding hydrogens is 452 g/mol. The van der Waals surface area contributed by atoms with Crippen molar-refractivity contribution in [3.8, 4) is 5.69 Å². The summed E-state index contributed by atoms with van der Waals surface area (Å²) in [6.45, 7) is 0. The van der Waals surface area contributed by atoms with Gasteiger partial charge in [0.25, 0.3) is 5.91 Å². The van der Waals surface area contributed by atoms with Crippen LogP contribution in [0.15, 0.2) is 71.3 Å². The molecule has 0 saturated carbocycles. The number of carbonyl (C=O) groups is 2. The number of para-hydroxylation sites is 1. The average Bonchev–Trinajstić information content (AvgIpc) is 3.20. The number of nitrogens with zero attached hydrogens (tertiary/aromatic N) is 2. The number of halogens is 1. The minimum atomic E-state index is -0.663. The third kappa shape index (κ3) is 5.71. The first-order valence-corrected chi connectivity index (χ1v) is 11.2. The Balaban J connectivity index is 1.70. The molecule has 29 heavy (non-hydrogen) atoms. The average molecular weight is 473 g/mol. The lowest BCUT2D eigenvalue weighted by atomic mass is 10.1. The first kappa shape index (κ1) is 21.1. The van der Waals surface area contributed by atoms with E-state index in [4.69, 9.17) is 0 Å². The van der Waals surface area contributed by atoms with Crippen molar-refractivity contribution < 1.29 is 9.59 Å². The van der Waals surface area contributed by atoms with E-state index in [0.717, 1.165) is 11.4 Å². The van der Waals surface area contributed by atoms with Crippen molar-refractivity contribution in [2.24, 2.45) is 0 Å². The molecule has 150 valence electrons. The fourth-order valence-corrected chi connectivity index (χ4v) is 3.65. The van der Waals surface area contributed by atoms with Crippen molar-refractivity contribution in [2.45, 2.75) is 12.5 Å². The summed E-state index contributed by atoms with van der Waals surface area (Å²) >= 11 is 5.00. The van der Waals surface area contributed by atoms with Gasteiger partial charge in [-0.05, 0) is 58.6 Å². The van der Waals surface area contributed by atoms with Crippen LogP contribution in [0.1, 0.15) is 16.8 Å². The second kappa shape index (κ2) is 10.3. The molecule has 0 saturated heterocycles. The van der Waals surface area contributed by atoms with Gasteiger partial charge in [0.2, 0.25) is 5.91 Å². The number of amides is 2. The van der Waals surface area contributed by atoms with Gasteiger partial charge >= 0.3 is 0 Å². The maximum atomic E-state index is 12.8. The summed E-state index contributed by atoms with van der Waals surface area (Å²) < 4.78 is 2.37. The molecule has 6 nitrogen and oxygen atoms in total. The lowest BCUT2D eigenvalue weighted by molar-refractivity contribution is -0.118. The van der Waals surface area contributed by atoms with E-state index in [1.54, 1.807) is 46.9 Å². The molecule has 0 aliphatic carbocycles. The molecule has 1 aromatic heterocycles. The molecule has 3 rings (SSSR count). The molecule has 0 aliphatic rings. The molecule has 1 unspecified atom stereocenters. The molecule has 8 heteroatoms. The predicted octanol–water partition coefficient (Wildman–Crippen LogP) is 4.13. The highest BCUT2D eigenvalue weighted by atomic mass is 79.9. The molecular formula is C21H21BrN4O2S.